The minimum Gasteiger partial charge on any atom is -0.472 e. The fourth-order valence-electron chi connectivity index (χ4n) is 2.44. The summed E-state index contributed by atoms with van der Waals surface area (Å²) in [5.74, 6) is -0.508. The maximum atomic E-state index is 12.5. The van der Waals surface area contributed by atoms with E-state index in [1.54, 1.807) is 18.7 Å². The molecular formula is C15H16N4O5. The van der Waals surface area contributed by atoms with Gasteiger partial charge in [-0.25, -0.2) is 14.6 Å². The van der Waals surface area contributed by atoms with E-state index in [9.17, 15) is 14.4 Å². The van der Waals surface area contributed by atoms with Crippen molar-refractivity contribution < 1.29 is 13.9 Å². The normalized spacial score (nSPS) is 11.1. The monoisotopic (exact) mass is 332 g/mol. The lowest BCUT2D eigenvalue weighted by molar-refractivity contribution is 0.0494. The van der Waals surface area contributed by atoms with Gasteiger partial charge in [0.25, 0.3) is 5.56 Å². The van der Waals surface area contributed by atoms with E-state index >= 15 is 0 Å². The first-order chi connectivity index (χ1) is 11.5. The molecule has 3 aromatic heterocycles. The van der Waals surface area contributed by atoms with Gasteiger partial charge < -0.3 is 13.7 Å². The highest BCUT2D eigenvalue weighted by Crippen LogP contribution is 2.04. The Kier molecular flexibility index (Phi) is 4.07. The summed E-state index contributed by atoms with van der Waals surface area (Å²) in [5.41, 5.74) is 0.156. The van der Waals surface area contributed by atoms with Crippen molar-refractivity contribution >= 4 is 17.1 Å². The number of carbonyl (C=O) groups excluding carboxylic acids is 1. The molecule has 0 aliphatic rings. The second-order valence-corrected chi connectivity index (χ2v) is 5.33. The average Bonchev–Trinajstić information content (AvgIpc) is 3.21. The van der Waals surface area contributed by atoms with Crippen molar-refractivity contribution in [1.82, 2.24) is 18.7 Å². The van der Waals surface area contributed by atoms with E-state index in [1.165, 1.54) is 29.5 Å². The molecule has 3 heterocycles. The zero-order chi connectivity index (χ0) is 17.3. The van der Waals surface area contributed by atoms with Gasteiger partial charge in [0.2, 0.25) is 0 Å². The second-order valence-electron chi connectivity index (χ2n) is 5.33. The van der Waals surface area contributed by atoms with Crippen molar-refractivity contribution in [2.45, 2.75) is 13.0 Å². The molecule has 0 fully saturated rings. The van der Waals surface area contributed by atoms with Crippen molar-refractivity contribution in [3.63, 3.8) is 0 Å². The fraction of sp³-hybridized carbons (Fsp3) is 0.333. The summed E-state index contributed by atoms with van der Waals surface area (Å²) in [4.78, 5) is 40.5. The topological polar surface area (TPSA) is 101 Å². The molecular weight excluding hydrogens is 316 g/mol. The predicted octanol–water partition coefficient (Wildman–Crippen LogP) is 0.274. The molecule has 3 rings (SSSR count). The summed E-state index contributed by atoms with van der Waals surface area (Å²) in [6.45, 7) is 0.230. The van der Waals surface area contributed by atoms with E-state index < -0.39 is 17.2 Å². The molecule has 0 aliphatic heterocycles. The van der Waals surface area contributed by atoms with Crippen LogP contribution in [0.4, 0.5) is 0 Å². The van der Waals surface area contributed by atoms with Crippen molar-refractivity contribution in [1.29, 1.82) is 0 Å². The van der Waals surface area contributed by atoms with Crippen molar-refractivity contribution in [2.24, 2.45) is 14.1 Å². The number of rotatable bonds is 5. The van der Waals surface area contributed by atoms with Crippen LogP contribution in [0.25, 0.3) is 11.2 Å². The van der Waals surface area contributed by atoms with Crippen LogP contribution < -0.4 is 11.2 Å². The third kappa shape index (κ3) is 2.64. The number of fused-ring (bicyclic) bond motifs is 1. The fourth-order valence-corrected chi connectivity index (χ4v) is 2.44. The summed E-state index contributed by atoms with van der Waals surface area (Å²) in [5, 5.41) is 0. The van der Waals surface area contributed by atoms with Crippen molar-refractivity contribution in [2.75, 3.05) is 6.61 Å². The van der Waals surface area contributed by atoms with Crippen molar-refractivity contribution in [3.05, 3.63) is 51.3 Å². The average molecular weight is 332 g/mol. The second kappa shape index (κ2) is 6.19. The summed E-state index contributed by atoms with van der Waals surface area (Å²) >= 11 is 0. The molecule has 0 bridgehead atoms. The van der Waals surface area contributed by atoms with Crippen LogP contribution in [0.1, 0.15) is 16.8 Å². The van der Waals surface area contributed by atoms with Crippen LogP contribution >= 0.6 is 0 Å². The molecule has 0 unspecified atom stereocenters. The predicted molar refractivity (Wildman–Crippen MR) is 83.8 cm³/mol. The first kappa shape index (κ1) is 15.8. The molecule has 0 saturated heterocycles. The molecule has 0 spiro atoms. The van der Waals surface area contributed by atoms with Gasteiger partial charge >= 0.3 is 11.7 Å². The highest BCUT2D eigenvalue weighted by molar-refractivity contribution is 5.88. The van der Waals surface area contributed by atoms with E-state index in [4.69, 9.17) is 9.15 Å². The van der Waals surface area contributed by atoms with Crippen LogP contribution in [-0.4, -0.2) is 31.3 Å². The third-order valence-corrected chi connectivity index (χ3v) is 3.72. The molecule has 9 heteroatoms. The molecule has 0 radical (unpaired) electrons. The Bertz CT molecular complexity index is 993. The van der Waals surface area contributed by atoms with Gasteiger partial charge in [0, 0.05) is 20.6 Å². The number of furan rings is 1. The SMILES string of the molecule is Cn1cnc2c1c(=O)n(CCCOC(=O)c1ccoc1)c(=O)n2C. The quantitative estimate of drug-likeness (QED) is 0.491. The van der Waals surface area contributed by atoms with E-state index in [0.29, 0.717) is 23.1 Å². The smallest absolute Gasteiger partial charge is 0.341 e. The van der Waals surface area contributed by atoms with Gasteiger partial charge in [-0.2, -0.15) is 0 Å². The summed E-state index contributed by atoms with van der Waals surface area (Å²) < 4.78 is 13.9. The summed E-state index contributed by atoms with van der Waals surface area (Å²) in [6, 6.07) is 1.50. The minimum absolute atomic E-state index is 0.0863. The maximum Gasteiger partial charge on any atom is 0.341 e. The van der Waals surface area contributed by atoms with Gasteiger partial charge in [-0.3, -0.25) is 13.9 Å². The Morgan fingerprint density at radius 1 is 1.33 bits per heavy atom. The van der Waals surface area contributed by atoms with Crippen LogP contribution in [0.3, 0.4) is 0 Å². The van der Waals surface area contributed by atoms with Crippen LogP contribution in [0, 0.1) is 0 Å². The number of aryl methyl sites for hydroxylation is 2. The Morgan fingerprint density at radius 3 is 2.83 bits per heavy atom. The van der Waals surface area contributed by atoms with Crippen LogP contribution in [0.15, 0.2) is 38.9 Å². The molecule has 0 aromatic carbocycles. The Balaban J connectivity index is 1.74. The number of aromatic nitrogens is 4. The zero-order valence-corrected chi connectivity index (χ0v) is 13.3. The summed E-state index contributed by atoms with van der Waals surface area (Å²) in [7, 11) is 3.25. The van der Waals surface area contributed by atoms with Crippen molar-refractivity contribution in [3.8, 4) is 0 Å². The number of carbonyl (C=O) groups is 1. The van der Waals surface area contributed by atoms with Gasteiger partial charge in [-0.05, 0) is 12.5 Å². The first-order valence-electron chi connectivity index (χ1n) is 7.31. The standard InChI is InChI=1S/C15H16N4O5/c1-17-9-16-12-11(17)13(20)19(15(22)18(12)2)5-3-6-24-14(21)10-4-7-23-8-10/h4,7-9H,3,5-6H2,1-2H3. The lowest BCUT2D eigenvalue weighted by atomic mass is 10.3. The lowest BCUT2D eigenvalue weighted by Crippen LogP contribution is -2.39. The van der Waals surface area contributed by atoms with E-state index in [-0.39, 0.29) is 13.2 Å². The third-order valence-electron chi connectivity index (χ3n) is 3.72. The van der Waals surface area contributed by atoms with Crippen LogP contribution in [-0.2, 0) is 25.4 Å². The molecule has 0 saturated carbocycles. The molecule has 0 amide bonds. The maximum absolute atomic E-state index is 12.5. The molecule has 24 heavy (non-hydrogen) atoms. The number of imidazole rings is 1. The minimum atomic E-state index is -0.508. The van der Waals surface area contributed by atoms with Crippen LogP contribution in [0.5, 0.6) is 0 Å². The molecule has 126 valence electrons. The van der Waals surface area contributed by atoms with Gasteiger partial charge in [0.15, 0.2) is 11.2 Å². The van der Waals surface area contributed by atoms with E-state index in [1.807, 2.05) is 0 Å². The molecule has 0 atom stereocenters. The molecule has 0 N–H and O–H groups in total. The van der Waals surface area contributed by atoms with Gasteiger partial charge in [-0.1, -0.05) is 0 Å². The Labute approximate surface area is 135 Å². The molecule has 0 aliphatic carbocycles. The molecule has 3 aromatic rings. The largest absolute Gasteiger partial charge is 0.472 e. The number of esters is 1. The highest BCUT2D eigenvalue weighted by Gasteiger charge is 2.15. The highest BCUT2D eigenvalue weighted by atomic mass is 16.5. The Morgan fingerprint density at radius 2 is 2.12 bits per heavy atom. The van der Waals surface area contributed by atoms with Crippen LogP contribution in [0.2, 0.25) is 0 Å². The van der Waals surface area contributed by atoms with Gasteiger partial charge in [0.1, 0.15) is 6.26 Å². The zero-order valence-electron chi connectivity index (χ0n) is 13.3. The van der Waals surface area contributed by atoms with E-state index in [2.05, 4.69) is 4.98 Å². The molecule has 9 nitrogen and oxygen atoms in total. The number of ether oxygens (including phenoxy) is 1. The number of hydrogen-bond donors (Lipinski definition) is 0. The summed E-state index contributed by atoms with van der Waals surface area (Å²) in [6.07, 6.45) is 4.49. The van der Waals surface area contributed by atoms with E-state index in [0.717, 1.165) is 4.57 Å². The number of nitrogens with zero attached hydrogens (tertiary/aromatic N) is 4. The number of hydrogen-bond acceptors (Lipinski definition) is 6. The Hall–Kier alpha value is -3.10. The van der Waals surface area contributed by atoms with Gasteiger partial charge in [-0.15, -0.1) is 0 Å². The van der Waals surface area contributed by atoms with Gasteiger partial charge in [0.05, 0.1) is 24.8 Å². The first-order valence-corrected chi connectivity index (χ1v) is 7.31. The lowest BCUT2D eigenvalue weighted by Gasteiger charge is -2.08.